The molecule has 0 spiro atoms. The Bertz CT molecular complexity index is 933. The summed E-state index contributed by atoms with van der Waals surface area (Å²) in [6.07, 6.45) is 2.41. The molecule has 28 heavy (non-hydrogen) atoms. The van der Waals surface area contributed by atoms with Crippen LogP contribution >= 0.6 is 0 Å². The molecule has 2 heterocycles. The topological polar surface area (TPSA) is 106 Å². The summed E-state index contributed by atoms with van der Waals surface area (Å²) in [5.74, 6) is -0.522. The lowest BCUT2D eigenvalue weighted by atomic mass is 10.2. The Hall–Kier alpha value is -2.65. The molecule has 1 N–H and O–H groups in total. The highest BCUT2D eigenvalue weighted by Gasteiger charge is 2.26. The van der Waals surface area contributed by atoms with Gasteiger partial charge in [-0.25, -0.2) is 17.9 Å². The molecule has 1 saturated heterocycles. The summed E-state index contributed by atoms with van der Waals surface area (Å²) in [7, 11) is -3.84. The van der Waals surface area contributed by atoms with Gasteiger partial charge < -0.3 is 14.1 Å². The van der Waals surface area contributed by atoms with Gasteiger partial charge in [0.25, 0.3) is 5.91 Å². The highest BCUT2D eigenvalue weighted by molar-refractivity contribution is 7.89. The Labute approximate surface area is 163 Å². The summed E-state index contributed by atoms with van der Waals surface area (Å²) in [6, 6.07) is 8.80. The van der Waals surface area contributed by atoms with Gasteiger partial charge in [0.1, 0.15) is 5.76 Å². The predicted molar refractivity (Wildman–Crippen MR) is 99.9 cm³/mol. The lowest BCUT2D eigenvalue weighted by molar-refractivity contribution is -0.138. The number of sulfonamides is 1. The lowest BCUT2D eigenvalue weighted by Gasteiger charge is -2.20. The molecule has 1 atom stereocenters. The van der Waals surface area contributed by atoms with Crippen LogP contribution < -0.4 is 4.72 Å². The average Bonchev–Trinajstić information content (AvgIpc) is 3.39. The fourth-order valence-electron chi connectivity index (χ4n) is 2.93. The third-order valence-electron chi connectivity index (χ3n) is 4.45. The van der Waals surface area contributed by atoms with Gasteiger partial charge in [-0.1, -0.05) is 6.07 Å². The molecule has 9 heteroatoms. The Kier molecular flexibility index (Phi) is 6.15. The number of hydrogen-bond acceptors (Lipinski definition) is 6. The molecule has 2 aromatic rings. The average molecular weight is 406 g/mol. The van der Waals surface area contributed by atoms with Crippen LogP contribution in [0.1, 0.15) is 35.9 Å². The smallest absolute Gasteiger partial charge is 0.338 e. The highest BCUT2D eigenvalue weighted by atomic mass is 32.2. The molecule has 150 valence electrons. The molecule has 8 nitrogen and oxygen atoms in total. The Morgan fingerprint density at radius 1 is 1.21 bits per heavy atom. The minimum atomic E-state index is -3.84. The first-order valence-corrected chi connectivity index (χ1v) is 10.5. The molecule has 0 aliphatic carbocycles. The molecule has 1 fully saturated rings. The van der Waals surface area contributed by atoms with Gasteiger partial charge in [0.15, 0.2) is 6.10 Å². The minimum Gasteiger partial charge on any atom is -0.468 e. The lowest BCUT2D eigenvalue weighted by Crippen LogP contribution is -2.38. The summed E-state index contributed by atoms with van der Waals surface area (Å²) in [6.45, 7) is 2.83. The number of carbonyl (C=O) groups is 2. The van der Waals surface area contributed by atoms with Crippen molar-refractivity contribution in [3.05, 3.63) is 54.0 Å². The van der Waals surface area contributed by atoms with Crippen LogP contribution in [0.25, 0.3) is 0 Å². The Morgan fingerprint density at radius 2 is 1.96 bits per heavy atom. The number of ether oxygens (including phenoxy) is 1. The summed E-state index contributed by atoms with van der Waals surface area (Å²) in [5, 5.41) is 0. The van der Waals surface area contributed by atoms with E-state index in [4.69, 9.17) is 9.15 Å². The van der Waals surface area contributed by atoms with Crippen LogP contribution in [0.5, 0.6) is 0 Å². The van der Waals surface area contributed by atoms with Crippen molar-refractivity contribution < 1.29 is 27.2 Å². The largest absolute Gasteiger partial charge is 0.468 e. The molecule has 1 aromatic heterocycles. The van der Waals surface area contributed by atoms with Crippen LogP contribution in [-0.2, 0) is 26.1 Å². The van der Waals surface area contributed by atoms with Crippen molar-refractivity contribution in [2.45, 2.75) is 37.3 Å². The molecule has 1 aliphatic rings. The molecule has 0 saturated carbocycles. The van der Waals surface area contributed by atoms with E-state index in [1.54, 1.807) is 17.0 Å². The molecule has 1 amide bonds. The third-order valence-corrected chi connectivity index (χ3v) is 5.84. The summed E-state index contributed by atoms with van der Waals surface area (Å²) in [4.78, 5) is 26.2. The molecular weight excluding hydrogens is 384 g/mol. The summed E-state index contributed by atoms with van der Waals surface area (Å²) >= 11 is 0. The van der Waals surface area contributed by atoms with Gasteiger partial charge in [-0.3, -0.25) is 4.79 Å². The standard InChI is InChI=1S/C19H22N2O6S/c1-14(18(22)21-9-2-3-10-21)27-19(23)15-6-4-8-17(12-15)28(24,25)20-13-16-7-5-11-26-16/h4-8,11-12,14,20H,2-3,9-10,13H2,1H3. The van der Waals surface area contributed by atoms with Gasteiger partial charge in [0.05, 0.1) is 23.3 Å². The number of nitrogens with zero attached hydrogens (tertiary/aromatic N) is 1. The molecule has 0 radical (unpaired) electrons. The first-order chi connectivity index (χ1) is 13.4. The number of rotatable bonds is 7. The van der Waals surface area contributed by atoms with E-state index in [-0.39, 0.29) is 22.9 Å². The van der Waals surface area contributed by atoms with Crippen LogP contribution in [-0.4, -0.2) is 44.4 Å². The zero-order chi connectivity index (χ0) is 20.1. The van der Waals surface area contributed by atoms with Gasteiger partial charge in [0, 0.05) is 13.1 Å². The van der Waals surface area contributed by atoms with Gasteiger partial charge >= 0.3 is 5.97 Å². The molecule has 1 aromatic carbocycles. The van der Waals surface area contributed by atoms with Crippen molar-refractivity contribution in [1.82, 2.24) is 9.62 Å². The van der Waals surface area contributed by atoms with Crippen molar-refractivity contribution in [3.63, 3.8) is 0 Å². The van der Waals surface area contributed by atoms with Crippen molar-refractivity contribution >= 4 is 21.9 Å². The van der Waals surface area contributed by atoms with Crippen LogP contribution in [0.3, 0.4) is 0 Å². The van der Waals surface area contributed by atoms with E-state index in [1.807, 2.05) is 0 Å². The van der Waals surface area contributed by atoms with E-state index in [0.29, 0.717) is 18.8 Å². The van der Waals surface area contributed by atoms with E-state index >= 15 is 0 Å². The molecule has 1 unspecified atom stereocenters. The Balaban J connectivity index is 1.66. The van der Waals surface area contributed by atoms with E-state index in [9.17, 15) is 18.0 Å². The van der Waals surface area contributed by atoms with E-state index < -0.39 is 22.1 Å². The van der Waals surface area contributed by atoms with E-state index in [0.717, 1.165) is 12.8 Å². The predicted octanol–water partition coefficient (Wildman–Crippen LogP) is 1.93. The van der Waals surface area contributed by atoms with E-state index in [2.05, 4.69) is 4.72 Å². The van der Waals surface area contributed by atoms with Gasteiger partial charge in [-0.05, 0) is 50.1 Å². The fourth-order valence-corrected chi connectivity index (χ4v) is 3.97. The molecular formula is C19H22N2O6S. The number of amides is 1. The molecule has 1 aliphatic heterocycles. The Morgan fingerprint density at radius 3 is 2.64 bits per heavy atom. The maximum absolute atomic E-state index is 12.4. The van der Waals surface area contributed by atoms with Crippen molar-refractivity contribution in [1.29, 1.82) is 0 Å². The number of hydrogen-bond donors (Lipinski definition) is 1. The molecule has 0 bridgehead atoms. The number of likely N-dealkylation sites (tertiary alicyclic amines) is 1. The van der Waals surface area contributed by atoms with Crippen LogP contribution in [0.15, 0.2) is 52.0 Å². The fraction of sp³-hybridized carbons (Fsp3) is 0.368. The normalized spacial score (nSPS) is 15.4. The first-order valence-electron chi connectivity index (χ1n) is 8.99. The number of benzene rings is 1. The zero-order valence-electron chi connectivity index (χ0n) is 15.5. The third kappa shape index (κ3) is 4.79. The second-order valence-electron chi connectivity index (χ2n) is 6.51. The number of carbonyl (C=O) groups excluding carboxylic acids is 2. The zero-order valence-corrected chi connectivity index (χ0v) is 16.3. The monoisotopic (exact) mass is 406 g/mol. The van der Waals surface area contributed by atoms with Crippen LogP contribution in [0, 0.1) is 0 Å². The summed E-state index contributed by atoms with van der Waals surface area (Å²) in [5.41, 5.74) is 0.0574. The van der Waals surface area contributed by atoms with Gasteiger partial charge in [0.2, 0.25) is 10.0 Å². The number of esters is 1. The van der Waals surface area contributed by atoms with Crippen molar-refractivity contribution in [3.8, 4) is 0 Å². The van der Waals surface area contributed by atoms with Crippen LogP contribution in [0.2, 0.25) is 0 Å². The van der Waals surface area contributed by atoms with Gasteiger partial charge in [-0.2, -0.15) is 0 Å². The maximum atomic E-state index is 12.4. The van der Waals surface area contributed by atoms with Gasteiger partial charge in [-0.15, -0.1) is 0 Å². The second-order valence-corrected chi connectivity index (χ2v) is 8.28. The SMILES string of the molecule is CC(OC(=O)c1cccc(S(=O)(=O)NCc2ccco2)c1)C(=O)N1CCCC1. The van der Waals surface area contributed by atoms with Crippen LogP contribution in [0.4, 0.5) is 0 Å². The highest BCUT2D eigenvalue weighted by Crippen LogP contribution is 2.15. The second kappa shape index (κ2) is 8.57. The van der Waals surface area contributed by atoms with Crippen molar-refractivity contribution in [2.75, 3.05) is 13.1 Å². The maximum Gasteiger partial charge on any atom is 0.338 e. The quantitative estimate of drug-likeness (QED) is 0.704. The number of furan rings is 1. The summed E-state index contributed by atoms with van der Waals surface area (Å²) < 4.78 is 37.6. The first kappa shape index (κ1) is 20.1. The molecule has 3 rings (SSSR count). The van der Waals surface area contributed by atoms with Crippen molar-refractivity contribution in [2.24, 2.45) is 0 Å². The number of nitrogens with one attached hydrogen (secondary N) is 1. The van der Waals surface area contributed by atoms with E-state index in [1.165, 1.54) is 37.5 Å². The minimum absolute atomic E-state index is 0.00855.